The summed E-state index contributed by atoms with van der Waals surface area (Å²) in [5, 5.41) is 3.75. The maximum absolute atomic E-state index is 13.2. The molecule has 0 spiro atoms. The van der Waals surface area contributed by atoms with Gasteiger partial charge in [-0.1, -0.05) is 53.9 Å². The number of halogens is 3. The van der Waals surface area contributed by atoms with Crippen LogP contribution in [0.4, 0.5) is 5.69 Å². The molecule has 11 heteroatoms. The number of nitrogens with zero attached hydrogens (tertiary/aromatic N) is 2. The predicted molar refractivity (Wildman–Crippen MR) is 138 cm³/mol. The second kappa shape index (κ2) is 12.6. The van der Waals surface area contributed by atoms with E-state index in [4.69, 9.17) is 34.8 Å². The summed E-state index contributed by atoms with van der Waals surface area (Å²) in [5.41, 5.74) is 1.07. The van der Waals surface area contributed by atoms with E-state index >= 15 is 0 Å². The maximum atomic E-state index is 13.2. The minimum atomic E-state index is -3.68. The standard InChI is InChI=1S/C23H28Cl3N3O4S/c1-4-20(23(31)27-2)28(15-16-7-9-17(24)10-8-16)22(30)6-5-13-29(34(3,32)33)21-14-18(25)11-12-19(21)26/h7-12,14,20H,4-6,13,15H2,1-3H3,(H,27,31)/t20-/m1/s1. The van der Waals surface area contributed by atoms with Crippen LogP contribution in [0.3, 0.4) is 0 Å². The molecule has 2 aromatic rings. The van der Waals surface area contributed by atoms with E-state index in [0.29, 0.717) is 16.5 Å². The number of rotatable bonds is 11. The molecular formula is C23H28Cl3N3O4S. The lowest BCUT2D eigenvalue weighted by atomic mass is 10.1. The van der Waals surface area contributed by atoms with Crippen LogP contribution in [-0.4, -0.2) is 51.0 Å². The van der Waals surface area contributed by atoms with Gasteiger partial charge in [0.15, 0.2) is 0 Å². The first-order chi connectivity index (χ1) is 16.0. The third-order valence-electron chi connectivity index (χ3n) is 5.23. The molecule has 0 aliphatic carbocycles. The van der Waals surface area contributed by atoms with E-state index in [1.807, 2.05) is 6.92 Å². The van der Waals surface area contributed by atoms with Crippen molar-refractivity contribution < 1.29 is 18.0 Å². The van der Waals surface area contributed by atoms with Crippen LogP contribution in [0.25, 0.3) is 0 Å². The average molecular weight is 549 g/mol. The number of sulfonamides is 1. The van der Waals surface area contributed by atoms with E-state index in [1.165, 1.54) is 24.1 Å². The number of benzene rings is 2. The molecular weight excluding hydrogens is 521 g/mol. The maximum Gasteiger partial charge on any atom is 0.242 e. The molecule has 34 heavy (non-hydrogen) atoms. The number of anilines is 1. The van der Waals surface area contributed by atoms with Crippen molar-refractivity contribution in [2.75, 3.05) is 24.2 Å². The number of carbonyl (C=O) groups is 2. The number of hydrogen-bond acceptors (Lipinski definition) is 4. The largest absolute Gasteiger partial charge is 0.357 e. The van der Waals surface area contributed by atoms with Gasteiger partial charge in [0.25, 0.3) is 0 Å². The molecule has 0 aliphatic rings. The zero-order valence-electron chi connectivity index (χ0n) is 19.2. The van der Waals surface area contributed by atoms with E-state index in [-0.39, 0.29) is 48.5 Å². The Bertz CT molecular complexity index is 1110. The monoisotopic (exact) mass is 547 g/mol. The summed E-state index contributed by atoms with van der Waals surface area (Å²) in [4.78, 5) is 27.2. The molecule has 186 valence electrons. The van der Waals surface area contributed by atoms with Crippen molar-refractivity contribution in [3.63, 3.8) is 0 Å². The molecule has 1 atom stereocenters. The Morgan fingerprint density at radius 1 is 1.03 bits per heavy atom. The third-order valence-corrected chi connectivity index (χ3v) is 7.21. The molecule has 0 radical (unpaired) electrons. The molecule has 0 aliphatic heterocycles. The van der Waals surface area contributed by atoms with Gasteiger partial charge in [-0.2, -0.15) is 0 Å². The Labute approximate surface area is 216 Å². The second-order valence-electron chi connectivity index (χ2n) is 7.72. The zero-order chi connectivity index (χ0) is 25.5. The fourth-order valence-corrected chi connectivity index (χ4v) is 5.06. The summed E-state index contributed by atoms with van der Waals surface area (Å²) in [6.07, 6.45) is 1.74. The highest BCUT2D eigenvalue weighted by atomic mass is 35.5. The molecule has 0 saturated carbocycles. The SMILES string of the molecule is CC[C@H](C(=O)NC)N(Cc1ccc(Cl)cc1)C(=O)CCCN(c1cc(Cl)ccc1Cl)S(C)(=O)=O. The van der Waals surface area contributed by atoms with E-state index in [9.17, 15) is 18.0 Å². The molecule has 2 rings (SSSR count). The number of carbonyl (C=O) groups excluding carboxylic acids is 2. The van der Waals surface area contributed by atoms with Gasteiger partial charge in [-0.25, -0.2) is 8.42 Å². The van der Waals surface area contributed by atoms with Crippen LogP contribution >= 0.6 is 34.8 Å². The van der Waals surface area contributed by atoms with E-state index in [2.05, 4.69) is 5.32 Å². The number of nitrogens with one attached hydrogen (secondary N) is 1. The van der Waals surface area contributed by atoms with Crippen LogP contribution in [-0.2, 0) is 26.2 Å². The molecule has 0 aromatic heterocycles. The number of hydrogen-bond donors (Lipinski definition) is 1. The first-order valence-corrected chi connectivity index (χ1v) is 13.6. The van der Waals surface area contributed by atoms with Crippen molar-refractivity contribution in [2.24, 2.45) is 0 Å². The summed E-state index contributed by atoms with van der Waals surface area (Å²) < 4.78 is 26.0. The highest BCUT2D eigenvalue weighted by Gasteiger charge is 2.28. The smallest absolute Gasteiger partial charge is 0.242 e. The van der Waals surface area contributed by atoms with Crippen LogP contribution in [0.15, 0.2) is 42.5 Å². The second-order valence-corrected chi connectivity index (χ2v) is 10.9. The Kier molecular flexibility index (Phi) is 10.5. The first-order valence-electron chi connectivity index (χ1n) is 10.7. The quantitative estimate of drug-likeness (QED) is 0.439. The van der Waals surface area contributed by atoms with Crippen LogP contribution < -0.4 is 9.62 Å². The predicted octanol–water partition coefficient (Wildman–Crippen LogP) is 4.75. The van der Waals surface area contributed by atoms with Crippen LogP contribution in [0, 0.1) is 0 Å². The zero-order valence-corrected chi connectivity index (χ0v) is 22.3. The number of likely N-dealkylation sites (N-methyl/N-ethyl adjacent to an activating group) is 1. The van der Waals surface area contributed by atoms with Crippen molar-refractivity contribution >= 4 is 62.3 Å². The molecule has 0 unspecified atom stereocenters. The number of amides is 2. The fraction of sp³-hybridized carbons (Fsp3) is 0.391. The molecule has 0 saturated heterocycles. The Morgan fingerprint density at radius 3 is 2.21 bits per heavy atom. The third kappa shape index (κ3) is 7.77. The summed E-state index contributed by atoms with van der Waals surface area (Å²) in [6.45, 7) is 2.07. The summed E-state index contributed by atoms with van der Waals surface area (Å²) in [6, 6.07) is 10.9. The van der Waals surface area contributed by atoms with E-state index in [1.54, 1.807) is 30.3 Å². The summed E-state index contributed by atoms with van der Waals surface area (Å²) in [5.74, 6) is -0.538. The van der Waals surface area contributed by atoms with Crippen molar-refractivity contribution in [1.82, 2.24) is 10.2 Å². The van der Waals surface area contributed by atoms with Crippen molar-refractivity contribution in [1.29, 1.82) is 0 Å². The van der Waals surface area contributed by atoms with Gasteiger partial charge >= 0.3 is 0 Å². The first kappa shape index (κ1) is 28.2. The minimum absolute atomic E-state index is 0.0240. The molecule has 2 aromatic carbocycles. The van der Waals surface area contributed by atoms with Crippen molar-refractivity contribution in [3.05, 3.63) is 63.1 Å². The molecule has 1 N–H and O–H groups in total. The highest BCUT2D eigenvalue weighted by Crippen LogP contribution is 2.31. The lowest BCUT2D eigenvalue weighted by Gasteiger charge is -2.31. The van der Waals surface area contributed by atoms with Crippen molar-refractivity contribution in [3.8, 4) is 0 Å². The van der Waals surface area contributed by atoms with E-state index in [0.717, 1.165) is 16.1 Å². The fourth-order valence-electron chi connectivity index (χ4n) is 3.53. The molecule has 7 nitrogen and oxygen atoms in total. The average Bonchev–Trinajstić information content (AvgIpc) is 2.78. The van der Waals surface area contributed by atoms with Crippen molar-refractivity contribution in [2.45, 2.75) is 38.8 Å². The van der Waals surface area contributed by atoms with Gasteiger partial charge in [0.2, 0.25) is 21.8 Å². The van der Waals surface area contributed by atoms with Crippen LogP contribution in [0.2, 0.25) is 15.1 Å². The highest BCUT2D eigenvalue weighted by molar-refractivity contribution is 7.92. The summed E-state index contributed by atoms with van der Waals surface area (Å²) in [7, 11) is -2.16. The van der Waals surface area contributed by atoms with Gasteiger partial charge in [0.1, 0.15) is 6.04 Å². The lowest BCUT2D eigenvalue weighted by Crippen LogP contribution is -2.48. The Morgan fingerprint density at radius 2 is 1.65 bits per heavy atom. The molecule has 0 fully saturated rings. The normalized spacial score (nSPS) is 12.2. The van der Waals surface area contributed by atoms with Gasteiger partial charge in [-0.3, -0.25) is 13.9 Å². The van der Waals surface area contributed by atoms with Gasteiger partial charge in [0.05, 0.1) is 17.0 Å². The van der Waals surface area contributed by atoms with Gasteiger partial charge in [-0.15, -0.1) is 0 Å². The van der Waals surface area contributed by atoms with Gasteiger partial charge in [-0.05, 0) is 48.7 Å². The molecule has 0 heterocycles. The Hall–Kier alpha value is -2.00. The lowest BCUT2D eigenvalue weighted by molar-refractivity contribution is -0.141. The van der Waals surface area contributed by atoms with Crippen LogP contribution in [0.5, 0.6) is 0 Å². The van der Waals surface area contributed by atoms with Crippen LogP contribution in [0.1, 0.15) is 31.7 Å². The minimum Gasteiger partial charge on any atom is -0.357 e. The topological polar surface area (TPSA) is 86.8 Å². The van der Waals surface area contributed by atoms with Gasteiger partial charge in [0, 0.05) is 36.6 Å². The summed E-state index contributed by atoms with van der Waals surface area (Å²) >= 11 is 18.2. The molecule has 0 bridgehead atoms. The van der Waals surface area contributed by atoms with Gasteiger partial charge < -0.3 is 10.2 Å². The molecule has 2 amide bonds. The van der Waals surface area contributed by atoms with E-state index < -0.39 is 16.1 Å². The Balaban J connectivity index is 2.21.